The summed E-state index contributed by atoms with van der Waals surface area (Å²) < 4.78 is 1.15. The molecule has 2 aromatic rings. The second-order valence-electron chi connectivity index (χ2n) is 4.90. The van der Waals surface area contributed by atoms with E-state index < -0.39 is 0 Å². The Kier molecular flexibility index (Phi) is 3.73. The number of alkyl halides is 1. The summed E-state index contributed by atoms with van der Waals surface area (Å²) in [5, 5.41) is -0.186. The van der Waals surface area contributed by atoms with E-state index in [9.17, 15) is 4.79 Å². The molecule has 0 saturated heterocycles. The average Bonchev–Trinajstić information content (AvgIpc) is 2.73. The van der Waals surface area contributed by atoms with Gasteiger partial charge in [0.15, 0.2) is 0 Å². The quantitative estimate of drug-likeness (QED) is 0.551. The van der Waals surface area contributed by atoms with Crippen molar-refractivity contribution in [3.63, 3.8) is 0 Å². The van der Waals surface area contributed by atoms with E-state index in [1.54, 1.807) is 4.90 Å². The molecule has 1 aliphatic rings. The first-order valence-corrected chi connectivity index (χ1v) is 7.87. The first kappa shape index (κ1) is 13.9. The summed E-state index contributed by atoms with van der Waals surface area (Å²) in [6.45, 7) is 0. The Hall–Kier alpha value is -1.07. The van der Waals surface area contributed by atoms with E-state index in [0.29, 0.717) is 6.42 Å². The highest BCUT2D eigenvalue weighted by Crippen LogP contribution is 2.36. The minimum Gasteiger partial charge on any atom is -0.315 e. The largest absolute Gasteiger partial charge is 0.315 e. The third kappa shape index (κ3) is 2.33. The van der Waals surface area contributed by atoms with Gasteiger partial charge in [0.25, 0.3) is 0 Å². The standard InChI is InChI=1S/C16H13ClINO/c1-19-14-7-6-10(8-11(14)9-15(19)20)16(17)12-4-2-3-5-13(12)18/h2-8,16H,9H2,1H3. The van der Waals surface area contributed by atoms with Gasteiger partial charge in [-0.3, -0.25) is 4.79 Å². The Balaban J connectivity index is 1.99. The smallest absolute Gasteiger partial charge is 0.231 e. The molecule has 20 heavy (non-hydrogen) atoms. The molecule has 2 nitrogen and oxygen atoms in total. The van der Waals surface area contributed by atoms with Crippen LogP contribution >= 0.6 is 34.2 Å². The van der Waals surface area contributed by atoms with E-state index in [-0.39, 0.29) is 11.3 Å². The molecule has 2 aromatic carbocycles. The fourth-order valence-electron chi connectivity index (χ4n) is 2.51. The molecule has 1 heterocycles. The van der Waals surface area contributed by atoms with Crippen molar-refractivity contribution in [3.8, 4) is 0 Å². The minimum atomic E-state index is -0.186. The van der Waals surface area contributed by atoms with Gasteiger partial charge in [-0.05, 0) is 51.4 Å². The van der Waals surface area contributed by atoms with E-state index in [1.165, 1.54) is 0 Å². The van der Waals surface area contributed by atoms with Gasteiger partial charge in [0, 0.05) is 16.3 Å². The third-order valence-corrected chi connectivity index (χ3v) is 5.12. The van der Waals surface area contributed by atoms with Gasteiger partial charge in [-0.1, -0.05) is 30.3 Å². The highest BCUT2D eigenvalue weighted by Gasteiger charge is 2.25. The Morgan fingerprint density at radius 1 is 1.25 bits per heavy atom. The number of hydrogen-bond acceptors (Lipinski definition) is 1. The van der Waals surface area contributed by atoms with Crippen LogP contribution in [0.25, 0.3) is 0 Å². The molecule has 0 saturated carbocycles. The molecular formula is C16H13ClINO. The lowest BCUT2D eigenvalue weighted by atomic mass is 10.0. The lowest BCUT2D eigenvalue weighted by molar-refractivity contribution is -0.117. The number of nitrogens with zero attached hydrogens (tertiary/aromatic N) is 1. The molecule has 1 unspecified atom stereocenters. The van der Waals surface area contributed by atoms with Crippen LogP contribution in [0.5, 0.6) is 0 Å². The Bertz CT molecular complexity index is 686. The molecule has 0 fully saturated rings. The van der Waals surface area contributed by atoms with Crippen LogP contribution < -0.4 is 4.90 Å². The van der Waals surface area contributed by atoms with E-state index >= 15 is 0 Å². The van der Waals surface area contributed by atoms with E-state index in [0.717, 1.165) is 25.9 Å². The van der Waals surface area contributed by atoms with Crippen molar-refractivity contribution in [3.05, 3.63) is 62.7 Å². The molecule has 4 heteroatoms. The van der Waals surface area contributed by atoms with Gasteiger partial charge in [0.1, 0.15) is 0 Å². The number of fused-ring (bicyclic) bond motifs is 1. The lowest BCUT2D eigenvalue weighted by Gasteiger charge is -2.15. The van der Waals surface area contributed by atoms with Crippen molar-refractivity contribution in [2.75, 3.05) is 11.9 Å². The maximum atomic E-state index is 11.7. The first-order valence-electron chi connectivity index (χ1n) is 6.36. The molecule has 1 amide bonds. The number of rotatable bonds is 2. The highest BCUT2D eigenvalue weighted by molar-refractivity contribution is 14.1. The number of halogens is 2. The topological polar surface area (TPSA) is 20.3 Å². The molecule has 0 bridgehead atoms. The Morgan fingerprint density at radius 2 is 2.00 bits per heavy atom. The predicted octanol–water partition coefficient (Wildman–Crippen LogP) is 4.14. The molecule has 1 aliphatic heterocycles. The zero-order valence-electron chi connectivity index (χ0n) is 10.9. The van der Waals surface area contributed by atoms with Crippen LogP contribution in [-0.4, -0.2) is 13.0 Å². The normalized spacial score (nSPS) is 15.3. The maximum absolute atomic E-state index is 11.7. The summed E-state index contributed by atoms with van der Waals surface area (Å²) in [6, 6.07) is 14.1. The van der Waals surface area contributed by atoms with Gasteiger partial charge in [0.2, 0.25) is 5.91 Å². The second kappa shape index (κ2) is 5.37. The van der Waals surface area contributed by atoms with Crippen LogP contribution in [0.15, 0.2) is 42.5 Å². The van der Waals surface area contributed by atoms with E-state index in [2.05, 4.69) is 34.7 Å². The van der Waals surface area contributed by atoms with Crippen LogP contribution in [0.4, 0.5) is 5.69 Å². The first-order chi connectivity index (χ1) is 9.58. The lowest BCUT2D eigenvalue weighted by Crippen LogP contribution is -2.20. The molecule has 0 aliphatic carbocycles. The molecule has 0 spiro atoms. The molecule has 0 radical (unpaired) electrons. The summed E-state index contributed by atoms with van der Waals surface area (Å²) >= 11 is 8.91. The number of amides is 1. The summed E-state index contributed by atoms with van der Waals surface area (Å²) in [5.41, 5.74) is 4.20. The van der Waals surface area contributed by atoms with E-state index in [4.69, 9.17) is 11.6 Å². The van der Waals surface area contributed by atoms with Gasteiger partial charge < -0.3 is 4.90 Å². The zero-order valence-corrected chi connectivity index (χ0v) is 13.9. The Labute approximate surface area is 136 Å². The fraction of sp³-hybridized carbons (Fsp3) is 0.188. The number of hydrogen-bond donors (Lipinski definition) is 0. The molecule has 3 rings (SSSR count). The summed E-state index contributed by atoms with van der Waals surface area (Å²) in [6.07, 6.45) is 0.467. The van der Waals surface area contributed by atoms with Crippen molar-refractivity contribution >= 4 is 45.8 Å². The Morgan fingerprint density at radius 3 is 2.75 bits per heavy atom. The van der Waals surface area contributed by atoms with Gasteiger partial charge in [-0.15, -0.1) is 11.6 Å². The third-order valence-electron chi connectivity index (χ3n) is 3.65. The fourth-order valence-corrected chi connectivity index (χ4v) is 3.72. The monoisotopic (exact) mass is 397 g/mol. The number of benzene rings is 2. The number of carbonyl (C=O) groups excluding carboxylic acids is 1. The van der Waals surface area contributed by atoms with Crippen LogP contribution in [0.2, 0.25) is 0 Å². The summed E-state index contributed by atoms with van der Waals surface area (Å²) in [5.74, 6) is 0.137. The minimum absolute atomic E-state index is 0.137. The average molecular weight is 398 g/mol. The van der Waals surface area contributed by atoms with Gasteiger partial charge in [0.05, 0.1) is 11.8 Å². The van der Waals surface area contributed by atoms with Gasteiger partial charge in [-0.2, -0.15) is 0 Å². The highest BCUT2D eigenvalue weighted by atomic mass is 127. The number of carbonyl (C=O) groups is 1. The SMILES string of the molecule is CN1C(=O)Cc2cc(C(Cl)c3ccccc3I)ccc21. The zero-order chi connectivity index (χ0) is 14.3. The van der Waals surface area contributed by atoms with E-state index in [1.807, 2.05) is 37.4 Å². The summed E-state index contributed by atoms with van der Waals surface area (Å²) in [7, 11) is 1.81. The predicted molar refractivity (Wildman–Crippen MR) is 90.4 cm³/mol. The molecule has 0 aromatic heterocycles. The molecular weight excluding hydrogens is 385 g/mol. The van der Waals surface area contributed by atoms with Crippen molar-refractivity contribution in [1.29, 1.82) is 0 Å². The molecule has 1 atom stereocenters. The number of likely N-dealkylation sites (N-methyl/N-ethyl adjacent to an activating group) is 1. The number of anilines is 1. The van der Waals surface area contributed by atoms with Gasteiger partial charge in [-0.25, -0.2) is 0 Å². The van der Waals surface area contributed by atoms with Crippen molar-refractivity contribution in [2.24, 2.45) is 0 Å². The van der Waals surface area contributed by atoms with Crippen LogP contribution in [-0.2, 0) is 11.2 Å². The van der Waals surface area contributed by atoms with Crippen LogP contribution in [0.1, 0.15) is 22.1 Å². The van der Waals surface area contributed by atoms with Crippen molar-refractivity contribution in [2.45, 2.75) is 11.8 Å². The van der Waals surface area contributed by atoms with Gasteiger partial charge >= 0.3 is 0 Å². The second-order valence-corrected chi connectivity index (χ2v) is 6.50. The summed E-state index contributed by atoms with van der Waals surface area (Å²) in [4.78, 5) is 13.4. The molecule has 0 N–H and O–H groups in total. The molecule has 102 valence electrons. The van der Waals surface area contributed by atoms with Crippen LogP contribution in [0, 0.1) is 3.57 Å². The maximum Gasteiger partial charge on any atom is 0.231 e. The van der Waals surface area contributed by atoms with Crippen molar-refractivity contribution in [1.82, 2.24) is 0 Å². The van der Waals surface area contributed by atoms with Crippen LogP contribution in [0.3, 0.4) is 0 Å². The van der Waals surface area contributed by atoms with Crippen molar-refractivity contribution < 1.29 is 4.79 Å².